The summed E-state index contributed by atoms with van der Waals surface area (Å²) in [7, 11) is 0. The van der Waals surface area contributed by atoms with Gasteiger partial charge in [0.25, 0.3) is 5.91 Å². The van der Waals surface area contributed by atoms with Crippen LogP contribution in [0.1, 0.15) is 12.0 Å². The molecule has 0 aliphatic carbocycles. The summed E-state index contributed by atoms with van der Waals surface area (Å²) >= 11 is 11.8. The van der Waals surface area contributed by atoms with Crippen molar-refractivity contribution in [1.29, 1.82) is 0 Å². The minimum atomic E-state index is -0.702. The first-order valence-electron chi connectivity index (χ1n) is 7.22. The largest absolute Gasteiger partial charge is 0.304 e. The molecule has 0 radical (unpaired) electrons. The number of nitrogens with zero attached hydrogens (tertiary/aromatic N) is 2. The highest BCUT2D eigenvalue weighted by Gasteiger charge is 2.39. The summed E-state index contributed by atoms with van der Waals surface area (Å²) in [6.07, 6.45) is 1.48. The van der Waals surface area contributed by atoms with E-state index in [9.17, 15) is 9.59 Å². The van der Waals surface area contributed by atoms with Crippen LogP contribution in [0.5, 0.6) is 0 Å². The summed E-state index contributed by atoms with van der Waals surface area (Å²) in [6, 6.07) is 8.06. The average molecular weight is 365 g/mol. The van der Waals surface area contributed by atoms with Crippen LogP contribution in [-0.2, 0) is 9.59 Å². The summed E-state index contributed by atoms with van der Waals surface area (Å²) in [4.78, 5) is 29.9. The van der Waals surface area contributed by atoms with Crippen molar-refractivity contribution in [2.24, 2.45) is 0 Å². The Morgan fingerprint density at radius 2 is 2.04 bits per heavy atom. The number of carbonyl (C=O) groups is 2. The molecule has 1 aromatic carbocycles. The van der Waals surface area contributed by atoms with Gasteiger partial charge in [-0.2, -0.15) is 0 Å². The van der Waals surface area contributed by atoms with Gasteiger partial charge in [-0.3, -0.25) is 9.59 Å². The van der Waals surface area contributed by atoms with Crippen LogP contribution in [0.2, 0.25) is 10.0 Å². The topological polar surface area (TPSA) is 74.3 Å². The third-order valence-corrected chi connectivity index (χ3v) is 4.07. The number of imide groups is 1. The molecule has 0 unspecified atom stereocenters. The molecule has 3 rings (SSSR count). The van der Waals surface area contributed by atoms with Gasteiger partial charge in [0, 0.05) is 6.20 Å². The minimum Gasteiger partial charge on any atom is -0.304 e. The van der Waals surface area contributed by atoms with Crippen LogP contribution >= 0.6 is 23.2 Å². The molecule has 8 heteroatoms. The predicted molar refractivity (Wildman–Crippen MR) is 93.1 cm³/mol. The van der Waals surface area contributed by atoms with Gasteiger partial charge in [-0.25, -0.2) is 15.3 Å². The lowest BCUT2D eigenvalue weighted by molar-refractivity contribution is -0.121. The number of aryl methyl sites for hydroxylation is 1. The van der Waals surface area contributed by atoms with Gasteiger partial charge >= 0.3 is 0 Å². The first-order chi connectivity index (χ1) is 11.5. The molecule has 0 spiro atoms. The molecule has 6 nitrogen and oxygen atoms in total. The Morgan fingerprint density at radius 1 is 1.25 bits per heavy atom. The molecule has 1 aliphatic rings. The highest BCUT2D eigenvalue weighted by molar-refractivity contribution is 6.36. The monoisotopic (exact) mass is 364 g/mol. The zero-order chi connectivity index (χ0) is 17.3. The number of hydrazine groups is 1. The first-order valence-corrected chi connectivity index (χ1v) is 7.97. The molecule has 24 heavy (non-hydrogen) atoms. The van der Waals surface area contributed by atoms with Crippen molar-refractivity contribution >= 4 is 46.5 Å². The quantitative estimate of drug-likeness (QED) is 0.644. The van der Waals surface area contributed by atoms with Crippen molar-refractivity contribution in [1.82, 2.24) is 10.4 Å². The van der Waals surface area contributed by atoms with Crippen molar-refractivity contribution in [2.75, 3.05) is 10.3 Å². The molecule has 2 aromatic rings. The zero-order valence-electron chi connectivity index (χ0n) is 12.7. The van der Waals surface area contributed by atoms with E-state index in [0.717, 1.165) is 5.56 Å². The Kier molecular flexibility index (Phi) is 4.71. The standard InChI is InChI=1S/C16H14Cl2N4O2/c1-9-3-2-4-11(5-9)22-14(23)7-13(16(22)24)20-21-15-12(18)6-10(17)8-19-15/h2-6,8,13,20H,7H2,1H3,(H,19,21)/t13-/m0/s1. The maximum Gasteiger partial charge on any atom is 0.253 e. The Hall–Kier alpha value is -2.15. The van der Waals surface area contributed by atoms with E-state index in [1.165, 1.54) is 17.2 Å². The summed E-state index contributed by atoms with van der Waals surface area (Å²) in [6.45, 7) is 1.90. The van der Waals surface area contributed by atoms with Crippen molar-refractivity contribution < 1.29 is 9.59 Å². The molecule has 0 bridgehead atoms. The number of benzene rings is 1. The van der Waals surface area contributed by atoms with Crippen LogP contribution in [-0.4, -0.2) is 22.8 Å². The fourth-order valence-electron chi connectivity index (χ4n) is 2.45. The summed E-state index contributed by atoms with van der Waals surface area (Å²) in [5.41, 5.74) is 7.10. The van der Waals surface area contributed by atoms with Gasteiger partial charge in [0.1, 0.15) is 6.04 Å². The lowest BCUT2D eigenvalue weighted by atomic mass is 10.2. The highest BCUT2D eigenvalue weighted by atomic mass is 35.5. The smallest absolute Gasteiger partial charge is 0.253 e. The number of hydrogen-bond donors (Lipinski definition) is 2. The van der Waals surface area contributed by atoms with Gasteiger partial charge in [0.15, 0.2) is 5.82 Å². The number of pyridine rings is 1. The Bertz CT molecular complexity index is 812. The van der Waals surface area contributed by atoms with E-state index in [2.05, 4.69) is 15.8 Å². The van der Waals surface area contributed by atoms with Crippen LogP contribution in [0.3, 0.4) is 0 Å². The molecular weight excluding hydrogens is 351 g/mol. The zero-order valence-corrected chi connectivity index (χ0v) is 14.2. The Labute approximate surface area is 148 Å². The molecule has 1 saturated heterocycles. The van der Waals surface area contributed by atoms with E-state index in [1.54, 1.807) is 12.1 Å². The fraction of sp³-hybridized carbons (Fsp3) is 0.188. The number of carbonyl (C=O) groups excluding carboxylic acids is 2. The maximum atomic E-state index is 12.5. The molecule has 1 aliphatic heterocycles. The third kappa shape index (κ3) is 3.36. The second-order valence-electron chi connectivity index (χ2n) is 5.42. The predicted octanol–water partition coefficient (Wildman–Crippen LogP) is 2.95. The maximum absolute atomic E-state index is 12.5. The second-order valence-corrected chi connectivity index (χ2v) is 6.26. The second kappa shape index (κ2) is 6.76. The number of amides is 2. The molecule has 0 saturated carbocycles. The summed E-state index contributed by atoms with van der Waals surface area (Å²) in [5, 5.41) is 0.714. The van der Waals surface area contributed by atoms with Crippen LogP contribution in [0.25, 0.3) is 0 Å². The number of anilines is 2. The summed E-state index contributed by atoms with van der Waals surface area (Å²) in [5.74, 6) is -0.265. The molecule has 2 N–H and O–H groups in total. The van der Waals surface area contributed by atoms with Gasteiger partial charge in [0.05, 0.1) is 22.2 Å². The van der Waals surface area contributed by atoms with Gasteiger partial charge in [-0.1, -0.05) is 35.3 Å². The van der Waals surface area contributed by atoms with Crippen LogP contribution in [0.4, 0.5) is 11.5 Å². The van der Waals surface area contributed by atoms with Gasteiger partial charge in [-0.05, 0) is 30.7 Å². The molecule has 1 atom stereocenters. The highest BCUT2D eigenvalue weighted by Crippen LogP contribution is 2.25. The molecule has 124 valence electrons. The average Bonchev–Trinajstić information content (AvgIpc) is 2.80. The van der Waals surface area contributed by atoms with Crippen LogP contribution in [0, 0.1) is 6.92 Å². The number of aromatic nitrogens is 1. The van der Waals surface area contributed by atoms with E-state index < -0.39 is 6.04 Å². The normalized spacial score (nSPS) is 17.5. The van der Waals surface area contributed by atoms with Crippen molar-refractivity contribution in [3.63, 3.8) is 0 Å². The molecule has 2 amide bonds. The van der Waals surface area contributed by atoms with E-state index >= 15 is 0 Å². The van der Waals surface area contributed by atoms with E-state index in [4.69, 9.17) is 23.2 Å². The van der Waals surface area contributed by atoms with Crippen LogP contribution < -0.4 is 15.8 Å². The van der Waals surface area contributed by atoms with Crippen molar-refractivity contribution in [3.05, 3.63) is 52.1 Å². The lowest BCUT2D eigenvalue weighted by Gasteiger charge is -2.16. The Balaban J connectivity index is 1.72. The van der Waals surface area contributed by atoms with Crippen LogP contribution in [0.15, 0.2) is 36.5 Å². The SMILES string of the molecule is Cc1cccc(N2C(=O)C[C@H](NNc3ncc(Cl)cc3Cl)C2=O)c1. The van der Waals surface area contributed by atoms with Crippen molar-refractivity contribution in [2.45, 2.75) is 19.4 Å². The van der Waals surface area contributed by atoms with Gasteiger partial charge in [0.2, 0.25) is 5.91 Å². The molecule has 1 aromatic heterocycles. The van der Waals surface area contributed by atoms with E-state index in [0.29, 0.717) is 21.6 Å². The lowest BCUT2D eigenvalue weighted by Crippen LogP contribution is -2.41. The number of nitrogens with one attached hydrogen (secondary N) is 2. The third-order valence-electron chi connectivity index (χ3n) is 3.58. The fourth-order valence-corrected chi connectivity index (χ4v) is 2.87. The van der Waals surface area contributed by atoms with E-state index in [1.807, 2.05) is 19.1 Å². The number of hydrogen-bond acceptors (Lipinski definition) is 5. The van der Waals surface area contributed by atoms with Gasteiger partial charge in [-0.15, -0.1) is 0 Å². The summed E-state index contributed by atoms with van der Waals surface area (Å²) < 4.78 is 0. The van der Waals surface area contributed by atoms with Gasteiger partial charge < -0.3 is 5.43 Å². The first kappa shape index (κ1) is 16.7. The van der Waals surface area contributed by atoms with Crippen molar-refractivity contribution in [3.8, 4) is 0 Å². The molecule has 2 heterocycles. The molecular formula is C16H14Cl2N4O2. The number of halogens is 2. The van der Waals surface area contributed by atoms with E-state index in [-0.39, 0.29) is 18.2 Å². The Morgan fingerprint density at radius 3 is 2.75 bits per heavy atom. The minimum absolute atomic E-state index is 0.0466. The number of rotatable bonds is 4. The molecule has 1 fully saturated rings.